The van der Waals surface area contributed by atoms with Gasteiger partial charge in [0.1, 0.15) is 11.6 Å². The van der Waals surface area contributed by atoms with Crippen molar-refractivity contribution in [2.45, 2.75) is 32.2 Å². The van der Waals surface area contributed by atoms with Gasteiger partial charge in [0.25, 0.3) is 0 Å². The zero-order chi connectivity index (χ0) is 14.3. The average molecular weight is 269 g/mol. The summed E-state index contributed by atoms with van der Waals surface area (Å²) in [5, 5.41) is 0. The van der Waals surface area contributed by atoms with Crippen molar-refractivity contribution in [2.75, 3.05) is 13.7 Å². The standard InChI is InChI=1S/C14H20FNO3/c1-3-12(16)9-10-8-11(15)4-5-13(10)19-7-6-14(17)18-2/h4-5,8,12H,3,6-7,9,16H2,1-2H3. The summed E-state index contributed by atoms with van der Waals surface area (Å²) in [4.78, 5) is 11.0. The first-order chi connectivity index (χ1) is 9.06. The highest BCUT2D eigenvalue weighted by Gasteiger charge is 2.10. The van der Waals surface area contributed by atoms with E-state index in [1.807, 2.05) is 6.92 Å². The van der Waals surface area contributed by atoms with Crippen LogP contribution in [0.3, 0.4) is 0 Å². The monoisotopic (exact) mass is 269 g/mol. The molecule has 0 spiro atoms. The minimum absolute atomic E-state index is 0.0373. The zero-order valence-corrected chi connectivity index (χ0v) is 11.3. The molecule has 0 saturated heterocycles. The SMILES string of the molecule is CCC(N)Cc1cc(F)ccc1OCCC(=O)OC. The molecule has 0 aliphatic heterocycles. The maximum absolute atomic E-state index is 13.2. The van der Waals surface area contributed by atoms with Crippen LogP contribution in [0.1, 0.15) is 25.3 Å². The quantitative estimate of drug-likeness (QED) is 0.769. The Labute approximate surface area is 112 Å². The van der Waals surface area contributed by atoms with Gasteiger partial charge in [0.15, 0.2) is 0 Å². The van der Waals surface area contributed by atoms with Gasteiger partial charge in [-0.1, -0.05) is 6.92 Å². The summed E-state index contributed by atoms with van der Waals surface area (Å²) in [5.41, 5.74) is 6.59. The van der Waals surface area contributed by atoms with Crippen molar-refractivity contribution in [1.82, 2.24) is 0 Å². The fourth-order valence-corrected chi connectivity index (χ4v) is 1.62. The number of hydrogen-bond donors (Lipinski definition) is 1. The summed E-state index contributed by atoms with van der Waals surface area (Å²) >= 11 is 0. The van der Waals surface area contributed by atoms with Crippen LogP contribution >= 0.6 is 0 Å². The second-order valence-electron chi connectivity index (χ2n) is 4.30. The molecule has 0 bridgehead atoms. The molecule has 1 aromatic rings. The number of methoxy groups -OCH3 is 1. The van der Waals surface area contributed by atoms with E-state index in [2.05, 4.69) is 4.74 Å². The average Bonchev–Trinajstić information content (AvgIpc) is 2.40. The summed E-state index contributed by atoms with van der Waals surface area (Å²) in [6, 6.07) is 4.27. The Morgan fingerprint density at radius 3 is 2.84 bits per heavy atom. The second-order valence-corrected chi connectivity index (χ2v) is 4.30. The van der Waals surface area contributed by atoms with Crippen molar-refractivity contribution in [3.63, 3.8) is 0 Å². The number of nitrogens with two attached hydrogens (primary N) is 1. The first-order valence-electron chi connectivity index (χ1n) is 6.30. The van der Waals surface area contributed by atoms with Gasteiger partial charge in [-0.2, -0.15) is 0 Å². The first kappa shape index (κ1) is 15.4. The Morgan fingerprint density at radius 1 is 1.47 bits per heavy atom. The smallest absolute Gasteiger partial charge is 0.308 e. The van der Waals surface area contributed by atoms with E-state index in [-0.39, 0.29) is 30.9 Å². The van der Waals surface area contributed by atoms with Crippen molar-refractivity contribution < 1.29 is 18.7 Å². The molecule has 0 aliphatic rings. The Hall–Kier alpha value is -1.62. The summed E-state index contributed by atoms with van der Waals surface area (Å²) < 4.78 is 23.2. The van der Waals surface area contributed by atoms with Gasteiger partial charge in [0, 0.05) is 6.04 Å². The van der Waals surface area contributed by atoms with E-state index in [0.29, 0.717) is 12.2 Å². The summed E-state index contributed by atoms with van der Waals surface area (Å²) in [6.07, 6.45) is 1.51. The third-order valence-electron chi connectivity index (χ3n) is 2.82. The maximum Gasteiger partial charge on any atom is 0.308 e. The van der Waals surface area contributed by atoms with Crippen molar-refractivity contribution in [3.8, 4) is 5.75 Å². The molecule has 1 unspecified atom stereocenters. The lowest BCUT2D eigenvalue weighted by atomic mass is 10.0. The van der Waals surface area contributed by atoms with Crippen LogP contribution in [0.25, 0.3) is 0 Å². The molecule has 0 fully saturated rings. The van der Waals surface area contributed by atoms with Crippen LogP contribution < -0.4 is 10.5 Å². The second kappa shape index (κ2) is 7.74. The first-order valence-corrected chi connectivity index (χ1v) is 6.30. The predicted molar refractivity (Wildman–Crippen MR) is 70.5 cm³/mol. The normalized spacial score (nSPS) is 12.0. The molecule has 0 heterocycles. The Balaban J connectivity index is 2.67. The molecule has 0 amide bonds. The Bertz CT molecular complexity index is 423. The van der Waals surface area contributed by atoms with Crippen LogP contribution in [0.2, 0.25) is 0 Å². The van der Waals surface area contributed by atoms with Gasteiger partial charge < -0.3 is 15.2 Å². The Morgan fingerprint density at radius 2 is 2.21 bits per heavy atom. The molecule has 1 rings (SSSR count). The molecule has 2 N–H and O–H groups in total. The molecule has 19 heavy (non-hydrogen) atoms. The fraction of sp³-hybridized carbons (Fsp3) is 0.500. The third kappa shape index (κ3) is 5.26. The molecule has 0 radical (unpaired) electrons. The highest BCUT2D eigenvalue weighted by atomic mass is 19.1. The van der Waals surface area contributed by atoms with Gasteiger partial charge in [-0.05, 0) is 36.6 Å². The largest absolute Gasteiger partial charge is 0.493 e. The van der Waals surface area contributed by atoms with E-state index in [4.69, 9.17) is 10.5 Å². The summed E-state index contributed by atoms with van der Waals surface area (Å²) in [5.74, 6) is -0.0956. The number of ether oxygens (including phenoxy) is 2. The molecular formula is C14H20FNO3. The van der Waals surface area contributed by atoms with Crippen LogP contribution in [-0.2, 0) is 16.0 Å². The van der Waals surface area contributed by atoms with E-state index in [0.717, 1.165) is 12.0 Å². The fourth-order valence-electron chi connectivity index (χ4n) is 1.62. The van der Waals surface area contributed by atoms with Crippen LogP contribution in [0.15, 0.2) is 18.2 Å². The molecule has 1 aromatic carbocycles. The van der Waals surface area contributed by atoms with Crippen molar-refractivity contribution in [3.05, 3.63) is 29.6 Å². The lowest BCUT2D eigenvalue weighted by molar-refractivity contribution is -0.141. The molecule has 106 valence electrons. The van der Waals surface area contributed by atoms with Crippen LogP contribution in [0, 0.1) is 5.82 Å². The van der Waals surface area contributed by atoms with Crippen molar-refractivity contribution >= 4 is 5.97 Å². The molecule has 5 heteroatoms. The molecule has 0 aliphatic carbocycles. The summed E-state index contributed by atoms with van der Waals surface area (Å²) in [7, 11) is 1.33. The van der Waals surface area contributed by atoms with E-state index < -0.39 is 0 Å². The highest BCUT2D eigenvalue weighted by molar-refractivity contribution is 5.69. The van der Waals surface area contributed by atoms with E-state index in [1.165, 1.54) is 19.2 Å². The van der Waals surface area contributed by atoms with E-state index in [9.17, 15) is 9.18 Å². The van der Waals surface area contributed by atoms with Crippen LogP contribution in [0.4, 0.5) is 4.39 Å². The van der Waals surface area contributed by atoms with Gasteiger partial charge in [0.05, 0.1) is 20.1 Å². The van der Waals surface area contributed by atoms with E-state index in [1.54, 1.807) is 6.07 Å². The van der Waals surface area contributed by atoms with Crippen molar-refractivity contribution in [1.29, 1.82) is 0 Å². The van der Waals surface area contributed by atoms with Gasteiger partial charge in [-0.25, -0.2) is 4.39 Å². The number of carbonyl (C=O) groups is 1. The zero-order valence-electron chi connectivity index (χ0n) is 11.3. The van der Waals surface area contributed by atoms with Crippen LogP contribution in [-0.4, -0.2) is 25.7 Å². The van der Waals surface area contributed by atoms with Gasteiger partial charge in [0.2, 0.25) is 0 Å². The lowest BCUT2D eigenvalue weighted by Crippen LogP contribution is -2.22. The number of hydrogen-bond acceptors (Lipinski definition) is 4. The molecule has 4 nitrogen and oxygen atoms in total. The maximum atomic E-state index is 13.2. The van der Waals surface area contributed by atoms with E-state index >= 15 is 0 Å². The molecule has 0 aromatic heterocycles. The number of rotatable bonds is 7. The minimum Gasteiger partial charge on any atom is -0.493 e. The molecule has 0 saturated carbocycles. The number of halogens is 1. The third-order valence-corrected chi connectivity index (χ3v) is 2.82. The number of benzene rings is 1. The number of esters is 1. The summed E-state index contributed by atoms with van der Waals surface area (Å²) in [6.45, 7) is 2.18. The molecular weight excluding hydrogens is 249 g/mol. The van der Waals surface area contributed by atoms with Gasteiger partial charge >= 0.3 is 5.97 Å². The molecule has 1 atom stereocenters. The number of carbonyl (C=O) groups excluding carboxylic acids is 1. The topological polar surface area (TPSA) is 61.5 Å². The predicted octanol–water partition coefficient (Wildman–Crippen LogP) is 2.05. The van der Waals surface area contributed by atoms with Crippen LogP contribution in [0.5, 0.6) is 5.75 Å². The van der Waals surface area contributed by atoms with Gasteiger partial charge in [-0.3, -0.25) is 4.79 Å². The lowest BCUT2D eigenvalue weighted by Gasteiger charge is -2.14. The highest BCUT2D eigenvalue weighted by Crippen LogP contribution is 2.21. The minimum atomic E-state index is -0.339. The Kier molecular flexibility index (Phi) is 6.29. The van der Waals surface area contributed by atoms with Gasteiger partial charge in [-0.15, -0.1) is 0 Å². The van der Waals surface area contributed by atoms with Crippen molar-refractivity contribution in [2.24, 2.45) is 5.73 Å².